The number of rotatable bonds is 4. The lowest BCUT2D eigenvalue weighted by molar-refractivity contribution is -0.141. The predicted octanol–water partition coefficient (Wildman–Crippen LogP) is 0.234. The molecule has 0 amide bonds. The highest BCUT2D eigenvalue weighted by molar-refractivity contribution is 5.93. The Hall–Kier alpha value is -3.10. The fourth-order valence-corrected chi connectivity index (χ4v) is 2.27. The van der Waals surface area contributed by atoms with Gasteiger partial charge in [0, 0.05) is 11.5 Å². The molecule has 3 aromatic rings. The van der Waals surface area contributed by atoms with Crippen LogP contribution in [0.1, 0.15) is 0 Å². The van der Waals surface area contributed by atoms with Crippen molar-refractivity contribution in [2.45, 2.75) is 6.54 Å². The van der Waals surface area contributed by atoms with Crippen molar-refractivity contribution >= 4 is 22.5 Å². The van der Waals surface area contributed by atoms with E-state index in [1.54, 1.807) is 12.1 Å². The van der Waals surface area contributed by atoms with Gasteiger partial charge in [0.1, 0.15) is 12.9 Å². The van der Waals surface area contributed by atoms with Crippen molar-refractivity contribution in [1.29, 1.82) is 0 Å². The number of ether oxygens (including phenoxy) is 3. The van der Waals surface area contributed by atoms with Gasteiger partial charge in [-0.2, -0.15) is 0 Å². The van der Waals surface area contributed by atoms with Crippen LogP contribution in [0, 0.1) is 0 Å². The molecule has 9 nitrogen and oxygen atoms in total. The molecule has 0 aliphatic heterocycles. The molecule has 0 unspecified atom stereocenters. The van der Waals surface area contributed by atoms with Crippen LogP contribution in [0.2, 0.25) is 0 Å². The lowest BCUT2D eigenvalue weighted by Gasteiger charge is -2.08. The predicted molar refractivity (Wildman–Crippen MR) is 79.9 cm³/mol. The smallest absolute Gasteiger partial charge is 0.352 e. The number of methoxy groups -OCH3 is 3. The van der Waals surface area contributed by atoms with Gasteiger partial charge in [-0.05, 0) is 6.07 Å². The van der Waals surface area contributed by atoms with Gasteiger partial charge in [-0.25, -0.2) is 18.9 Å². The number of benzene rings is 1. The van der Waals surface area contributed by atoms with Crippen molar-refractivity contribution in [2.24, 2.45) is 0 Å². The first-order valence-corrected chi connectivity index (χ1v) is 6.65. The third-order valence-electron chi connectivity index (χ3n) is 3.43. The van der Waals surface area contributed by atoms with Crippen molar-refractivity contribution in [2.75, 3.05) is 21.3 Å². The number of esters is 1. The number of fused-ring (bicyclic) bond motifs is 3. The summed E-state index contributed by atoms with van der Waals surface area (Å²) < 4.78 is 17.3. The molecule has 2 heterocycles. The minimum Gasteiger partial charge on any atom is -0.493 e. The first kappa shape index (κ1) is 14.8. The summed E-state index contributed by atoms with van der Waals surface area (Å²) in [7, 11) is 4.29. The van der Waals surface area contributed by atoms with Gasteiger partial charge in [-0.1, -0.05) is 0 Å². The molecule has 0 fully saturated rings. The van der Waals surface area contributed by atoms with Crippen molar-refractivity contribution in [3.05, 3.63) is 28.9 Å². The van der Waals surface area contributed by atoms with Gasteiger partial charge in [0.25, 0.3) is 0 Å². The first-order chi connectivity index (χ1) is 11.1. The summed E-state index contributed by atoms with van der Waals surface area (Å²) in [5, 5.41) is 4.79. The molecule has 9 heteroatoms. The zero-order valence-electron chi connectivity index (χ0n) is 12.8. The molecule has 0 saturated carbocycles. The number of hydrogen-bond acceptors (Lipinski definition) is 7. The average molecular weight is 318 g/mol. The van der Waals surface area contributed by atoms with Crippen LogP contribution in [0.4, 0.5) is 0 Å². The molecule has 0 aliphatic carbocycles. The Labute approximate surface area is 130 Å². The van der Waals surface area contributed by atoms with Gasteiger partial charge in [0.15, 0.2) is 17.1 Å². The third kappa shape index (κ3) is 2.35. The van der Waals surface area contributed by atoms with Crippen molar-refractivity contribution in [3.8, 4) is 11.5 Å². The fraction of sp³-hybridized carbons (Fsp3) is 0.286. The van der Waals surface area contributed by atoms with E-state index in [4.69, 9.17) is 9.47 Å². The van der Waals surface area contributed by atoms with Gasteiger partial charge in [0.2, 0.25) is 0 Å². The molecule has 0 spiro atoms. The Kier molecular flexibility index (Phi) is 3.61. The molecular formula is C14H14N4O5. The minimum absolute atomic E-state index is 0.272. The molecule has 2 aromatic heterocycles. The lowest BCUT2D eigenvalue weighted by Crippen LogP contribution is -2.25. The van der Waals surface area contributed by atoms with Gasteiger partial charge >= 0.3 is 11.7 Å². The van der Waals surface area contributed by atoms with Crippen LogP contribution in [0.3, 0.4) is 0 Å². The van der Waals surface area contributed by atoms with Crippen LogP contribution >= 0.6 is 0 Å². The highest BCUT2D eigenvalue weighted by Crippen LogP contribution is 2.32. The summed E-state index contributed by atoms with van der Waals surface area (Å²) in [5.41, 5.74) is 0.477. The van der Waals surface area contributed by atoms with Crippen LogP contribution in [0.25, 0.3) is 16.6 Å². The zero-order chi connectivity index (χ0) is 16.6. The fourth-order valence-electron chi connectivity index (χ4n) is 2.27. The largest absolute Gasteiger partial charge is 0.493 e. The molecule has 0 radical (unpaired) electrons. The summed E-state index contributed by atoms with van der Waals surface area (Å²) in [6.07, 6.45) is 1.35. The second kappa shape index (κ2) is 5.59. The quantitative estimate of drug-likeness (QED) is 0.635. The number of hydrogen-bond donors (Lipinski definition) is 0. The number of carbonyl (C=O) groups is 1. The van der Waals surface area contributed by atoms with E-state index >= 15 is 0 Å². The van der Waals surface area contributed by atoms with Crippen LogP contribution in [-0.4, -0.2) is 46.5 Å². The Bertz CT molecular complexity index is 959. The van der Waals surface area contributed by atoms with Crippen LogP contribution < -0.4 is 15.2 Å². The molecule has 0 N–H and O–H groups in total. The van der Waals surface area contributed by atoms with Crippen LogP contribution in [0.5, 0.6) is 11.5 Å². The summed E-state index contributed by atoms with van der Waals surface area (Å²) in [5.74, 6) is 0.449. The molecule has 0 atom stereocenters. The van der Waals surface area contributed by atoms with Gasteiger partial charge in [-0.3, -0.25) is 4.79 Å². The highest BCUT2D eigenvalue weighted by atomic mass is 16.5. The maximum Gasteiger partial charge on any atom is 0.352 e. The molecule has 3 rings (SSSR count). The van der Waals surface area contributed by atoms with E-state index in [1.807, 2.05) is 0 Å². The number of aromatic nitrogens is 4. The summed E-state index contributed by atoms with van der Waals surface area (Å²) in [6.45, 7) is -0.272. The molecule has 0 aliphatic rings. The first-order valence-electron chi connectivity index (χ1n) is 6.65. The van der Waals surface area contributed by atoms with Crippen LogP contribution in [0.15, 0.2) is 23.3 Å². The van der Waals surface area contributed by atoms with Gasteiger partial charge in [-0.15, -0.1) is 5.10 Å². The molecule has 0 bridgehead atoms. The molecule has 0 saturated heterocycles. The normalized spacial score (nSPS) is 10.9. The number of nitrogens with zero attached hydrogens (tertiary/aromatic N) is 4. The van der Waals surface area contributed by atoms with E-state index in [-0.39, 0.29) is 6.54 Å². The van der Waals surface area contributed by atoms with E-state index in [0.717, 1.165) is 4.68 Å². The topological polar surface area (TPSA) is 97.0 Å². The zero-order valence-corrected chi connectivity index (χ0v) is 12.8. The Morgan fingerprint density at radius 2 is 1.87 bits per heavy atom. The van der Waals surface area contributed by atoms with Gasteiger partial charge < -0.3 is 14.2 Å². The van der Waals surface area contributed by atoms with E-state index in [2.05, 4.69) is 14.8 Å². The average Bonchev–Trinajstić information content (AvgIpc) is 2.89. The van der Waals surface area contributed by atoms with E-state index in [9.17, 15) is 9.59 Å². The Morgan fingerprint density at radius 1 is 1.17 bits per heavy atom. The van der Waals surface area contributed by atoms with E-state index < -0.39 is 11.7 Å². The van der Waals surface area contributed by atoms with Gasteiger partial charge in [0.05, 0.1) is 26.8 Å². The summed E-state index contributed by atoms with van der Waals surface area (Å²) in [6, 6.07) is 3.38. The lowest BCUT2D eigenvalue weighted by atomic mass is 10.2. The Morgan fingerprint density at radius 3 is 2.52 bits per heavy atom. The van der Waals surface area contributed by atoms with Crippen molar-refractivity contribution in [3.63, 3.8) is 0 Å². The van der Waals surface area contributed by atoms with Crippen LogP contribution in [-0.2, 0) is 16.1 Å². The monoisotopic (exact) mass is 318 g/mol. The Balaban J connectivity index is 2.28. The van der Waals surface area contributed by atoms with Crippen molar-refractivity contribution < 1.29 is 19.0 Å². The molecular weight excluding hydrogens is 304 g/mol. The number of carbonyl (C=O) groups excluding carboxylic acids is 1. The third-order valence-corrected chi connectivity index (χ3v) is 3.43. The summed E-state index contributed by atoms with van der Waals surface area (Å²) >= 11 is 0. The van der Waals surface area contributed by atoms with E-state index in [0.29, 0.717) is 28.0 Å². The second-order valence-corrected chi connectivity index (χ2v) is 4.68. The molecule has 120 valence electrons. The maximum absolute atomic E-state index is 12.3. The molecule has 1 aromatic carbocycles. The summed E-state index contributed by atoms with van der Waals surface area (Å²) in [4.78, 5) is 27.9. The second-order valence-electron chi connectivity index (χ2n) is 4.68. The highest BCUT2D eigenvalue weighted by Gasteiger charge is 2.16. The SMILES string of the molecule is COC(=O)Cn1nc2c3cc(OC)c(OC)cc3ncn2c1=O. The molecule has 23 heavy (non-hydrogen) atoms. The van der Waals surface area contributed by atoms with E-state index in [1.165, 1.54) is 32.1 Å². The maximum atomic E-state index is 12.3. The van der Waals surface area contributed by atoms with Crippen molar-refractivity contribution in [1.82, 2.24) is 19.2 Å². The minimum atomic E-state index is -0.563. The standard InChI is InChI=1S/C14H14N4O5/c1-21-10-4-8-9(5-11(10)22-2)15-7-17-13(8)16-18(14(17)20)6-12(19)23-3/h4-5,7H,6H2,1-3H3.